The van der Waals surface area contributed by atoms with E-state index in [9.17, 15) is 13.2 Å². The summed E-state index contributed by atoms with van der Waals surface area (Å²) in [5.41, 5.74) is 2.06. The van der Waals surface area contributed by atoms with Crippen molar-refractivity contribution >= 4 is 15.9 Å². The molecule has 1 N–H and O–H groups in total. The van der Waals surface area contributed by atoms with E-state index in [0.29, 0.717) is 12.2 Å². The Hall–Kier alpha value is -1.56. The summed E-state index contributed by atoms with van der Waals surface area (Å²) in [6.45, 7) is 9.96. The van der Waals surface area contributed by atoms with E-state index in [0.717, 1.165) is 11.1 Å². The van der Waals surface area contributed by atoms with E-state index >= 15 is 0 Å². The maximum Gasteiger partial charge on any atom is 0.236 e. The first-order chi connectivity index (χ1) is 10.5. The van der Waals surface area contributed by atoms with Gasteiger partial charge in [0.15, 0.2) is 0 Å². The smallest absolute Gasteiger partial charge is 0.236 e. The predicted molar refractivity (Wildman–Crippen MR) is 92.0 cm³/mol. The quantitative estimate of drug-likeness (QED) is 0.827. The molecule has 130 valence electrons. The fraction of sp³-hybridized carbons (Fsp3) is 0.588. The molecule has 0 saturated heterocycles. The van der Waals surface area contributed by atoms with E-state index in [1.165, 1.54) is 0 Å². The van der Waals surface area contributed by atoms with Crippen molar-refractivity contribution in [1.82, 2.24) is 4.72 Å². The van der Waals surface area contributed by atoms with Crippen molar-refractivity contribution in [2.75, 3.05) is 12.4 Å². The van der Waals surface area contributed by atoms with Crippen LogP contribution in [0.4, 0.5) is 0 Å². The summed E-state index contributed by atoms with van der Waals surface area (Å²) in [4.78, 5) is 11.7. The molecule has 1 aromatic rings. The molecule has 0 bridgehead atoms. The molecule has 0 saturated carbocycles. The lowest BCUT2D eigenvalue weighted by molar-refractivity contribution is -0.119. The molecule has 0 atom stereocenters. The van der Waals surface area contributed by atoms with Crippen LogP contribution in [0.25, 0.3) is 0 Å². The first-order valence-corrected chi connectivity index (χ1v) is 9.36. The maximum absolute atomic E-state index is 11.8. The van der Waals surface area contributed by atoms with Crippen LogP contribution in [0.15, 0.2) is 18.2 Å². The van der Waals surface area contributed by atoms with Crippen molar-refractivity contribution in [2.24, 2.45) is 5.41 Å². The van der Waals surface area contributed by atoms with Crippen LogP contribution in [-0.4, -0.2) is 26.7 Å². The van der Waals surface area contributed by atoms with Gasteiger partial charge in [-0.05, 0) is 48.9 Å². The third kappa shape index (κ3) is 8.59. The molecule has 1 amide bonds. The minimum absolute atomic E-state index is 0.00172. The van der Waals surface area contributed by atoms with Crippen molar-refractivity contribution in [1.29, 1.82) is 0 Å². The summed E-state index contributed by atoms with van der Waals surface area (Å²) in [6, 6.07) is 5.79. The van der Waals surface area contributed by atoms with Crippen molar-refractivity contribution < 1.29 is 17.9 Å². The Labute approximate surface area is 139 Å². The number of carbonyl (C=O) groups excluding carboxylic acids is 1. The highest BCUT2D eigenvalue weighted by Gasteiger charge is 2.19. The largest absolute Gasteiger partial charge is 0.493 e. The minimum Gasteiger partial charge on any atom is -0.493 e. The molecule has 0 radical (unpaired) electrons. The molecule has 0 aliphatic carbocycles. The molecule has 0 aliphatic rings. The molecule has 1 aromatic carbocycles. The topological polar surface area (TPSA) is 72.5 Å². The summed E-state index contributed by atoms with van der Waals surface area (Å²) in [7, 11) is -3.58. The van der Waals surface area contributed by atoms with Gasteiger partial charge in [0.2, 0.25) is 15.9 Å². The zero-order chi connectivity index (χ0) is 17.7. The Morgan fingerprint density at radius 3 is 2.22 bits per heavy atom. The van der Waals surface area contributed by atoms with Crippen molar-refractivity contribution in [2.45, 2.75) is 47.5 Å². The van der Waals surface area contributed by atoms with E-state index in [-0.39, 0.29) is 24.2 Å². The zero-order valence-electron chi connectivity index (χ0n) is 14.6. The number of hydrogen-bond donors (Lipinski definition) is 1. The second-order valence-corrected chi connectivity index (χ2v) is 8.92. The normalized spacial score (nSPS) is 12.0. The molecule has 0 unspecified atom stereocenters. The van der Waals surface area contributed by atoms with E-state index in [1.807, 2.05) is 52.8 Å². The van der Waals surface area contributed by atoms with E-state index in [1.54, 1.807) is 0 Å². The molecular formula is C17H27NO4S. The first-order valence-electron chi connectivity index (χ1n) is 7.71. The number of nitrogens with one attached hydrogen (secondary N) is 1. The molecule has 6 heteroatoms. The van der Waals surface area contributed by atoms with Gasteiger partial charge in [-0.15, -0.1) is 0 Å². The van der Waals surface area contributed by atoms with Crippen molar-refractivity contribution in [3.8, 4) is 5.75 Å². The average Bonchev–Trinajstić information content (AvgIpc) is 2.34. The van der Waals surface area contributed by atoms with Gasteiger partial charge < -0.3 is 4.74 Å². The van der Waals surface area contributed by atoms with Gasteiger partial charge in [0, 0.05) is 0 Å². The van der Waals surface area contributed by atoms with E-state index in [2.05, 4.69) is 4.72 Å². The summed E-state index contributed by atoms with van der Waals surface area (Å²) < 4.78 is 31.3. The molecule has 23 heavy (non-hydrogen) atoms. The number of benzene rings is 1. The number of aryl methyl sites for hydroxylation is 2. The van der Waals surface area contributed by atoms with Crippen molar-refractivity contribution in [3.05, 3.63) is 29.3 Å². The monoisotopic (exact) mass is 341 g/mol. The van der Waals surface area contributed by atoms with Gasteiger partial charge in [0.25, 0.3) is 0 Å². The molecule has 0 aromatic heterocycles. The van der Waals surface area contributed by atoms with Gasteiger partial charge in [-0.25, -0.2) is 8.42 Å². The van der Waals surface area contributed by atoms with Crippen LogP contribution in [0.1, 0.15) is 44.7 Å². The Kier molecular flexibility index (Phi) is 6.62. The molecule has 1 rings (SSSR count). The highest BCUT2D eigenvalue weighted by Crippen LogP contribution is 2.19. The number of rotatable bonds is 7. The number of carbonyl (C=O) groups is 1. The Morgan fingerprint density at radius 1 is 1.13 bits per heavy atom. The van der Waals surface area contributed by atoms with Crippen LogP contribution in [0.2, 0.25) is 0 Å². The van der Waals surface area contributed by atoms with E-state index in [4.69, 9.17) is 4.74 Å². The second-order valence-electron chi connectivity index (χ2n) is 7.08. The van der Waals surface area contributed by atoms with Crippen LogP contribution in [0, 0.1) is 19.3 Å². The third-order valence-corrected chi connectivity index (χ3v) is 4.46. The van der Waals surface area contributed by atoms with Gasteiger partial charge in [0.05, 0.1) is 18.8 Å². The summed E-state index contributed by atoms with van der Waals surface area (Å²) in [5.74, 6) is 0.0920. The number of sulfonamides is 1. The highest BCUT2D eigenvalue weighted by molar-refractivity contribution is 7.90. The van der Waals surface area contributed by atoms with Gasteiger partial charge in [-0.3, -0.25) is 9.52 Å². The second kappa shape index (κ2) is 7.81. The fourth-order valence-corrected chi connectivity index (χ4v) is 3.43. The standard InChI is InChI=1S/C17H27NO4S/c1-13-10-14(2)12-15(11-13)22-8-6-16(19)18-23(20,21)9-7-17(3,4)5/h10-12H,6-9H2,1-5H3,(H,18,19). The molecule has 5 nitrogen and oxygen atoms in total. The highest BCUT2D eigenvalue weighted by atomic mass is 32.2. The molecule has 0 heterocycles. The Bertz CT molecular complexity index is 625. The fourth-order valence-electron chi connectivity index (χ4n) is 1.99. The number of ether oxygens (including phenoxy) is 1. The van der Waals surface area contributed by atoms with Crippen LogP contribution in [0.5, 0.6) is 5.75 Å². The van der Waals surface area contributed by atoms with Gasteiger partial charge in [-0.1, -0.05) is 26.8 Å². The lowest BCUT2D eigenvalue weighted by Gasteiger charge is -2.17. The molecular weight excluding hydrogens is 314 g/mol. The lowest BCUT2D eigenvalue weighted by Crippen LogP contribution is -2.34. The van der Waals surface area contributed by atoms with Gasteiger partial charge in [-0.2, -0.15) is 0 Å². The first kappa shape index (κ1) is 19.5. The summed E-state index contributed by atoms with van der Waals surface area (Å²) in [5, 5.41) is 0. The van der Waals surface area contributed by atoms with Crippen LogP contribution in [0.3, 0.4) is 0 Å². The van der Waals surface area contributed by atoms with Crippen LogP contribution < -0.4 is 9.46 Å². The summed E-state index contributed by atoms with van der Waals surface area (Å²) >= 11 is 0. The Balaban J connectivity index is 2.42. The SMILES string of the molecule is Cc1cc(C)cc(OCCC(=O)NS(=O)(=O)CCC(C)(C)C)c1. The van der Waals surface area contributed by atoms with E-state index < -0.39 is 15.9 Å². The van der Waals surface area contributed by atoms with Crippen LogP contribution >= 0.6 is 0 Å². The predicted octanol–water partition coefficient (Wildman–Crippen LogP) is 2.95. The van der Waals surface area contributed by atoms with Gasteiger partial charge >= 0.3 is 0 Å². The number of hydrogen-bond acceptors (Lipinski definition) is 4. The maximum atomic E-state index is 11.8. The lowest BCUT2D eigenvalue weighted by atomic mass is 9.94. The van der Waals surface area contributed by atoms with Crippen molar-refractivity contribution in [3.63, 3.8) is 0 Å². The molecule has 0 aliphatic heterocycles. The van der Waals surface area contributed by atoms with Gasteiger partial charge in [0.1, 0.15) is 5.75 Å². The number of amides is 1. The zero-order valence-corrected chi connectivity index (χ0v) is 15.4. The molecule has 0 fully saturated rings. The third-order valence-electron chi connectivity index (χ3n) is 3.18. The Morgan fingerprint density at radius 2 is 1.70 bits per heavy atom. The average molecular weight is 341 g/mol. The summed E-state index contributed by atoms with van der Waals surface area (Å²) in [6.07, 6.45) is 0.496. The minimum atomic E-state index is -3.58. The molecule has 0 spiro atoms. The van der Waals surface area contributed by atoms with Crippen LogP contribution in [-0.2, 0) is 14.8 Å².